The number of ether oxygens (including phenoxy) is 1. The van der Waals surface area contributed by atoms with Crippen LogP contribution in [0, 0.1) is 5.92 Å². The smallest absolute Gasteiger partial charge is 0.255 e. The second-order valence-electron chi connectivity index (χ2n) is 8.89. The van der Waals surface area contributed by atoms with Crippen LogP contribution in [0.1, 0.15) is 42.6 Å². The molecule has 9 heteroatoms. The Balaban J connectivity index is 1.60. The molecule has 0 spiro atoms. The Morgan fingerprint density at radius 1 is 1.29 bits per heavy atom. The number of aryl methyl sites for hydroxylation is 1. The normalized spacial score (nSPS) is 16.8. The highest BCUT2D eigenvalue weighted by Gasteiger charge is 2.37. The first-order valence-electron chi connectivity index (χ1n) is 10.3. The Bertz CT molecular complexity index is 1200. The quantitative estimate of drug-likeness (QED) is 0.568. The van der Waals surface area contributed by atoms with Gasteiger partial charge in [0, 0.05) is 38.0 Å². The number of imidazole rings is 1. The van der Waals surface area contributed by atoms with E-state index in [9.17, 15) is 4.79 Å². The molecule has 7 nitrogen and oxygen atoms in total. The molecule has 1 aliphatic heterocycles. The largest absolute Gasteiger partial charge is 0.486 e. The summed E-state index contributed by atoms with van der Waals surface area (Å²) in [5.41, 5.74) is 3.27. The standard InChI is InChI=1S/C22H23Cl2N5O2/c1-22(2)7-13-18-16(6-12(19(13)31-22)20(30)26-8-11-4-5-11)27-21(29(18)3)28-17-14(23)9-25-10-15(17)24/h6,9-11H,4-5,7-8H2,1-3H3,(H,26,30)(H,25,27,28). The Labute approximate surface area is 190 Å². The summed E-state index contributed by atoms with van der Waals surface area (Å²) in [7, 11) is 1.92. The fourth-order valence-corrected chi connectivity index (χ4v) is 4.50. The number of carbonyl (C=O) groups is 1. The lowest BCUT2D eigenvalue weighted by Gasteiger charge is -2.18. The van der Waals surface area contributed by atoms with E-state index in [1.165, 1.54) is 25.2 Å². The highest BCUT2D eigenvalue weighted by Crippen LogP contribution is 2.43. The highest BCUT2D eigenvalue weighted by molar-refractivity contribution is 6.39. The maximum atomic E-state index is 13.0. The van der Waals surface area contributed by atoms with Gasteiger partial charge in [0.2, 0.25) is 5.95 Å². The molecule has 162 valence electrons. The average Bonchev–Trinajstić information content (AvgIpc) is 3.40. The molecule has 1 aliphatic carbocycles. The number of nitrogens with zero attached hydrogens (tertiary/aromatic N) is 3. The Morgan fingerprint density at radius 2 is 2.00 bits per heavy atom. The van der Waals surface area contributed by atoms with Crippen LogP contribution in [0.3, 0.4) is 0 Å². The third-order valence-corrected chi connectivity index (χ3v) is 6.34. The zero-order valence-electron chi connectivity index (χ0n) is 17.6. The van der Waals surface area contributed by atoms with E-state index < -0.39 is 5.60 Å². The van der Waals surface area contributed by atoms with E-state index >= 15 is 0 Å². The van der Waals surface area contributed by atoms with Crippen LogP contribution in [0.25, 0.3) is 11.0 Å². The number of anilines is 2. The zero-order chi connectivity index (χ0) is 21.9. The fourth-order valence-electron chi connectivity index (χ4n) is 4.05. The predicted octanol–water partition coefficient (Wildman–Crippen LogP) is 4.87. The molecule has 2 N–H and O–H groups in total. The van der Waals surface area contributed by atoms with Crippen LogP contribution >= 0.6 is 23.2 Å². The van der Waals surface area contributed by atoms with Gasteiger partial charge < -0.3 is 19.9 Å². The van der Waals surface area contributed by atoms with Gasteiger partial charge in [0.25, 0.3) is 5.91 Å². The van der Waals surface area contributed by atoms with Crippen molar-refractivity contribution >= 4 is 51.8 Å². The van der Waals surface area contributed by atoms with Crippen molar-refractivity contribution in [1.82, 2.24) is 19.9 Å². The Kier molecular flexibility index (Phi) is 4.79. The van der Waals surface area contributed by atoms with Crippen molar-refractivity contribution in [2.45, 2.75) is 38.7 Å². The SMILES string of the molecule is Cn1c(Nc2c(Cl)cncc2Cl)nc2cc(C(=O)NCC3CC3)c3c(c21)CC(C)(C)O3. The monoisotopic (exact) mass is 459 g/mol. The van der Waals surface area contributed by atoms with Gasteiger partial charge in [0.05, 0.1) is 32.3 Å². The van der Waals surface area contributed by atoms with E-state index in [-0.39, 0.29) is 5.91 Å². The minimum atomic E-state index is -0.405. The minimum absolute atomic E-state index is 0.122. The van der Waals surface area contributed by atoms with Gasteiger partial charge in [-0.1, -0.05) is 23.2 Å². The molecule has 0 radical (unpaired) electrons. The van der Waals surface area contributed by atoms with E-state index in [1.807, 2.05) is 25.5 Å². The first-order valence-corrected chi connectivity index (χ1v) is 11.0. The molecular formula is C22H23Cl2N5O2. The molecule has 0 bridgehead atoms. The molecule has 31 heavy (non-hydrogen) atoms. The third kappa shape index (κ3) is 3.70. The molecule has 1 fully saturated rings. The van der Waals surface area contributed by atoms with Gasteiger partial charge in [-0.3, -0.25) is 9.78 Å². The molecule has 0 saturated heterocycles. The van der Waals surface area contributed by atoms with Crippen LogP contribution in [0.2, 0.25) is 10.0 Å². The third-order valence-electron chi connectivity index (χ3n) is 5.77. The number of carbonyl (C=O) groups excluding carboxylic acids is 1. The van der Waals surface area contributed by atoms with Gasteiger partial charge in [-0.15, -0.1) is 0 Å². The van der Waals surface area contributed by atoms with Crippen molar-refractivity contribution < 1.29 is 9.53 Å². The van der Waals surface area contributed by atoms with Crippen LogP contribution < -0.4 is 15.4 Å². The van der Waals surface area contributed by atoms with Gasteiger partial charge in [-0.05, 0) is 38.7 Å². The second-order valence-corrected chi connectivity index (χ2v) is 9.70. The van der Waals surface area contributed by atoms with Crippen molar-refractivity contribution in [2.75, 3.05) is 11.9 Å². The molecule has 1 amide bonds. The number of nitrogens with one attached hydrogen (secondary N) is 2. The lowest BCUT2D eigenvalue weighted by molar-refractivity contribution is 0.0938. The number of hydrogen-bond donors (Lipinski definition) is 2. The number of rotatable bonds is 5. The van der Waals surface area contributed by atoms with Crippen LogP contribution in [-0.2, 0) is 13.5 Å². The molecule has 1 saturated carbocycles. The Morgan fingerprint density at radius 3 is 2.68 bits per heavy atom. The Hall–Kier alpha value is -2.51. The topological polar surface area (TPSA) is 81.1 Å². The van der Waals surface area contributed by atoms with Crippen LogP contribution in [0.15, 0.2) is 18.5 Å². The molecule has 2 aliphatic rings. The van der Waals surface area contributed by atoms with Crippen LogP contribution in [0.4, 0.5) is 11.6 Å². The van der Waals surface area contributed by atoms with Gasteiger partial charge in [-0.25, -0.2) is 4.98 Å². The lowest BCUT2D eigenvalue weighted by Crippen LogP contribution is -2.27. The zero-order valence-corrected chi connectivity index (χ0v) is 19.1. The number of amides is 1. The second kappa shape index (κ2) is 7.28. The first kappa shape index (κ1) is 20.4. The van der Waals surface area contributed by atoms with E-state index in [2.05, 4.69) is 15.6 Å². The van der Waals surface area contributed by atoms with E-state index in [1.54, 1.807) is 6.07 Å². The lowest BCUT2D eigenvalue weighted by atomic mass is 9.98. The predicted molar refractivity (Wildman–Crippen MR) is 122 cm³/mol. The maximum Gasteiger partial charge on any atom is 0.255 e. The van der Waals surface area contributed by atoms with Crippen molar-refractivity contribution in [2.24, 2.45) is 13.0 Å². The summed E-state index contributed by atoms with van der Waals surface area (Å²) in [5.74, 6) is 1.68. The van der Waals surface area contributed by atoms with Gasteiger partial charge in [0.1, 0.15) is 11.4 Å². The number of hydrogen-bond acceptors (Lipinski definition) is 5. The van der Waals surface area contributed by atoms with Gasteiger partial charge in [0.15, 0.2) is 0 Å². The van der Waals surface area contributed by atoms with Crippen LogP contribution in [-0.4, -0.2) is 32.6 Å². The van der Waals surface area contributed by atoms with Crippen molar-refractivity contribution in [3.05, 3.63) is 39.6 Å². The molecule has 3 aromatic rings. The molecule has 1 aromatic carbocycles. The van der Waals surface area contributed by atoms with Crippen LogP contribution in [0.5, 0.6) is 5.75 Å². The molecule has 0 atom stereocenters. The van der Waals surface area contributed by atoms with Gasteiger partial charge >= 0.3 is 0 Å². The molecule has 5 rings (SSSR count). The minimum Gasteiger partial charge on any atom is -0.486 e. The molecular weight excluding hydrogens is 437 g/mol. The van der Waals surface area contributed by atoms with E-state index in [0.29, 0.717) is 57.4 Å². The number of pyridine rings is 1. The highest BCUT2D eigenvalue weighted by atomic mass is 35.5. The number of benzene rings is 1. The van der Waals surface area contributed by atoms with Gasteiger partial charge in [-0.2, -0.15) is 0 Å². The summed E-state index contributed by atoms with van der Waals surface area (Å²) in [6.45, 7) is 4.75. The summed E-state index contributed by atoms with van der Waals surface area (Å²) in [4.78, 5) is 21.7. The molecule has 0 unspecified atom stereocenters. The molecule has 2 aromatic heterocycles. The van der Waals surface area contributed by atoms with Crippen molar-refractivity contribution in [3.8, 4) is 5.75 Å². The number of halogens is 2. The maximum absolute atomic E-state index is 13.0. The summed E-state index contributed by atoms with van der Waals surface area (Å²) < 4.78 is 8.17. The average molecular weight is 460 g/mol. The summed E-state index contributed by atoms with van der Waals surface area (Å²) in [5, 5.41) is 7.06. The summed E-state index contributed by atoms with van der Waals surface area (Å²) >= 11 is 12.5. The first-order chi connectivity index (χ1) is 14.7. The van der Waals surface area contributed by atoms with Crippen molar-refractivity contribution in [1.29, 1.82) is 0 Å². The summed E-state index contributed by atoms with van der Waals surface area (Å²) in [6, 6.07) is 1.80. The summed E-state index contributed by atoms with van der Waals surface area (Å²) in [6.07, 6.45) is 6.08. The molecule has 3 heterocycles. The number of fused-ring (bicyclic) bond motifs is 3. The van der Waals surface area contributed by atoms with E-state index in [0.717, 1.165) is 11.1 Å². The fraction of sp³-hybridized carbons (Fsp3) is 0.409. The number of aromatic nitrogens is 3. The van der Waals surface area contributed by atoms with E-state index in [4.69, 9.17) is 32.9 Å². The van der Waals surface area contributed by atoms with Crippen molar-refractivity contribution in [3.63, 3.8) is 0 Å².